The number of hydrogen-bond donors (Lipinski definition) is 1. The molecule has 0 saturated heterocycles. The first-order valence-electron chi connectivity index (χ1n) is 7.68. The molecular formula is C17H17N3O4. The number of benzene rings is 1. The minimum absolute atomic E-state index is 0.0228. The van der Waals surface area contributed by atoms with Gasteiger partial charge in [-0.05, 0) is 34.9 Å². The minimum atomic E-state index is -0.963. The third-order valence-corrected chi connectivity index (χ3v) is 3.66. The predicted molar refractivity (Wildman–Crippen MR) is 86.6 cm³/mol. The van der Waals surface area contributed by atoms with Gasteiger partial charge in [-0.25, -0.2) is 0 Å². The van der Waals surface area contributed by atoms with Crippen molar-refractivity contribution in [1.29, 1.82) is 0 Å². The highest BCUT2D eigenvalue weighted by Gasteiger charge is 2.31. The van der Waals surface area contributed by atoms with E-state index in [1.54, 1.807) is 37.3 Å². The first kappa shape index (κ1) is 15.9. The van der Waals surface area contributed by atoms with E-state index in [0.29, 0.717) is 11.3 Å². The van der Waals surface area contributed by atoms with Crippen molar-refractivity contribution in [3.05, 3.63) is 63.8 Å². The molecule has 0 spiro atoms. The van der Waals surface area contributed by atoms with Crippen LogP contribution in [0.4, 0.5) is 5.82 Å². The van der Waals surface area contributed by atoms with Gasteiger partial charge in [0.1, 0.15) is 5.69 Å². The van der Waals surface area contributed by atoms with Gasteiger partial charge < -0.3 is 20.2 Å². The number of pyridine rings is 1. The van der Waals surface area contributed by atoms with E-state index >= 15 is 0 Å². The third kappa shape index (κ3) is 3.68. The monoisotopic (exact) mass is 327 g/mol. The fraction of sp³-hybridized carbons (Fsp3) is 0.294. The number of rotatable bonds is 6. The molecule has 7 heteroatoms. The van der Waals surface area contributed by atoms with E-state index in [1.807, 2.05) is 6.07 Å². The molecule has 1 aromatic heterocycles. The van der Waals surface area contributed by atoms with E-state index in [0.717, 1.165) is 12.8 Å². The molecule has 2 aromatic rings. The second-order valence-corrected chi connectivity index (χ2v) is 5.72. The van der Waals surface area contributed by atoms with Crippen LogP contribution < -0.4 is 10.1 Å². The quantitative estimate of drug-likeness (QED) is 0.650. The number of amides is 1. The highest BCUT2D eigenvalue weighted by Crippen LogP contribution is 2.30. The van der Waals surface area contributed by atoms with Gasteiger partial charge in [0.15, 0.2) is 0 Å². The fourth-order valence-electron chi connectivity index (χ4n) is 2.29. The largest absolute Gasteiger partial charge is 0.467 e. The molecule has 1 saturated carbocycles. The Labute approximate surface area is 138 Å². The standard InChI is InChI=1S/C17H17N3O4/c1-11-7-10-14(16(18-11)20(22)23)24-15(12-5-3-2-4-6-12)17(21)19-13-8-9-13/h2-7,10,13,15H,8-9H2,1H3,(H,19,21)/t15-/m0/s1. The van der Waals surface area contributed by atoms with Gasteiger partial charge in [0.05, 0.1) is 0 Å². The number of hydrogen-bond acceptors (Lipinski definition) is 5. The summed E-state index contributed by atoms with van der Waals surface area (Å²) < 4.78 is 5.72. The number of nitrogens with zero attached hydrogens (tertiary/aromatic N) is 2. The van der Waals surface area contributed by atoms with Crippen molar-refractivity contribution >= 4 is 11.7 Å². The molecule has 1 heterocycles. The molecule has 124 valence electrons. The second-order valence-electron chi connectivity index (χ2n) is 5.72. The van der Waals surface area contributed by atoms with E-state index < -0.39 is 16.8 Å². The van der Waals surface area contributed by atoms with Crippen molar-refractivity contribution in [2.45, 2.75) is 31.9 Å². The molecule has 0 unspecified atom stereocenters. The SMILES string of the molecule is Cc1ccc(O[C@H](C(=O)NC2CC2)c2ccccc2)c([N+](=O)[O-])n1. The molecule has 0 bridgehead atoms. The highest BCUT2D eigenvalue weighted by molar-refractivity contribution is 5.83. The molecule has 1 aliphatic carbocycles. The van der Waals surface area contributed by atoms with Crippen LogP contribution in [0.3, 0.4) is 0 Å². The van der Waals surface area contributed by atoms with Gasteiger partial charge in [-0.2, -0.15) is 0 Å². The molecule has 1 amide bonds. The van der Waals surface area contributed by atoms with Crippen molar-refractivity contribution in [3.8, 4) is 5.75 Å². The van der Waals surface area contributed by atoms with Crippen LogP contribution in [-0.2, 0) is 4.79 Å². The van der Waals surface area contributed by atoms with Crippen molar-refractivity contribution < 1.29 is 14.5 Å². The Morgan fingerprint density at radius 1 is 1.29 bits per heavy atom. The van der Waals surface area contributed by atoms with Gasteiger partial charge in [0, 0.05) is 18.5 Å². The Hall–Kier alpha value is -2.96. The van der Waals surface area contributed by atoms with Crippen LogP contribution in [0.2, 0.25) is 0 Å². The number of ether oxygens (including phenoxy) is 1. The summed E-state index contributed by atoms with van der Waals surface area (Å²) in [5, 5.41) is 14.1. The Morgan fingerprint density at radius 2 is 2.00 bits per heavy atom. The Balaban J connectivity index is 1.92. The van der Waals surface area contributed by atoms with Crippen LogP contribution in [0.15, 0.2) is 42.5 Å². The Kier molecular flexibility index (Phi) is 4.41. The lowest BCUT2D eigenvalue weighted by molar-refractivity contribution is -0.390. The fourth-order valence-corrected chi connectivity index (χ4v) is 2.29. The van der Waals surface area contributed by atoms with Gasteiger partial charge in [-0.15, -0.1) is 0 Å². The van der Waals surface area contributed by atoms with Gasteiger partial charge in [-0.1, -0.05) is 30.3 Å². The van der Waals surface area contributed by atoms with Crippen LogP contribution in [0.25, 0.3) is 0 Å². The molecule has 1 fully saturated rings. The molecule has 7 nitrogen and oxygen atoms in total. The molecule has 0 radical (unpaired) electrons. The van der Waals surface area contributed by atoms with E-state index in [4.69, 9.17) is 4.74 Å². The lowest BCUT2D eigenvalue weighted by Gasteiger charge is -2.18. The average Bonchev–Trinajstić information content (AvgIpc) is 3.38. The summed E-state index contributed by atoms with van der Waals surface area (Å²) in [7, 11) is 0. The van der Waals surface area contributed by atoms with Crippen LogP contribution in [0, 0.1) is 17.0 Å². The van der Waals surface area contributed by atoms with E-state index in [9.17, 15) is 14.9 Å². The van der Waals surface area contributed by atoms with E-state index in [-0.39, 0.29) is 17.7 Å². The number of nitrogens with one attached hydrogen (secondary N) is 1. The summed E-state index contributed by atoms with van der Waals surface area (Å²) in [6.45, 7) is 1.66. The zero-order chi connectivity index (χ0) is 17.1. The number of aryl methyl sites for hydroxylation is 1. The maximum absolute atomic E-state index is 12.5. The van der Waals surface area contributed by atoms with Crippen molar-refractivity contribution in [2.24, 2.45) is 0 Å². The highest BCUT2D eigenvalue weighted by atomic mass is 16.6. The molecule has 3 rings (SSSR count). The molecule has 24 heavy (non-hydrogen) atoms. The van der Waals surface area contributed by atoms with Crippen molar-refractivity contribution in [1.82, 2.24) is 10.3 Å². The van der Waals surface area contributed by atoms with Gasteiger partial charge in [0.2, 0.25) is 11.9 Å². The summed E-state index contributed by atoms with van der Waals surface area (Å²) in [6.07, 6.45) is 0.925. The zero-order valence-electron chi connectivity index (χ0n) is 13.1. The number of carbonyl (C=O) groups is 1. The maximum atomic E-state index is 12.5. The Morgan fingerprint density at radius 3 is 2.62 bits per heavy atom. The van der Waals surface area contributed by atoms with Crippen molar-refractivity contribution in [3.63, 3.8) is 0 Å². The van der Waals surface area contributed by atoms with Crippen LogP contribution >= 0.6 is 0 Å². The molecule has 1 atom stereocenters. The normalized spacial score (nSPS) is 14.7. The Bertz CT molecular complexity index is 760. The molecular weight excluding hydrogens is 310 g/mol. The molecule has 1 aliphatic rings. The van der Waals surface area contributed by atoms with Gasteiger partial charge >= 0.3 is 5.82 Å². The van der Waals surface area contributed by atoms with Gasteiger partial charge in [0.25, 0.3) is 5.91 Å². The van der Waals surface area contributed by atoms with Crippen LogP contribution in [-0.4, -0.2) is 21.9 Å². The summed E-state index contributed by atoms with van der Waals surface area (Å²) in [6, 6.07) is 12.2. The summed E-state index contributed by atoms with van der Waals surface area (Å²) in [5.74, 6) is -0.723. The first-order valence-corrected chi connectivity index (χ1v) is 7.68. The lowest BCUT2D eigenvalue weighted by atomic mass is 10.1. The average molecular weight is 327 g/mol. The molecule has 1 N–H and O–H groups in total. The summed E-state index contributed by atoms with van der Waals surface area (Å²) in [5.41, 5.74) is 1.14. The smallest absolute Gasteiger partial charge is 0.406 e. The summed E-state index contributed by atoms with van der Waals surface area (Å²) in [4.78, 5) is 27.0. The van der Waals surface area contributed by atoms with E-state index in [2.05, 4.69) is 10.3 Å². The van der Waals surface area contributed by atoms with Crippen molar-refractivity contribution in [2.75, 3.05) is 0 Å². The van der Waals surface area contributed by atoms with E-state index in [1.165, 1.54) is 6.07 Å². The number of carbonyl (C=O) groups excluding carboxylic acids is 1. The maximum Gasteiger partial charge on any atom is 0.406 e. The van der Waals surface area contributed by atoms with Crippen LogP contribution in [0.1, 0.15) is 30.2 Å². The summed E-state index contributed by atoms with van der Waals surface area (Å²) >= 11 is 0. The zero-order valence-corrected chi connectivity index (χ0v) is 13.1. The third-order valence-electron chi connectivity index (χ3n) is 3.66. The molecule has 0 aliphatic heterocycles. The van der Waals surface area contributed by atoms with Gasteiger partial charge in [-0.3, -0.25) is 4.79 Å². The first-order chi connectivity index (χ1) is 11.5. The number of nitro groups is 1. The lowest BCUT2D eigenvalue weighted by Crippen LogP contribution is -2.34. The predicted octanol–water partition coefficient (Wildman–Crippen LogP) is 2.70. The van der Waals surface area contributed by atoms with Crippen LogP contribution in [0.5, 0.6) is 5.75 Å². The minimum Gasteiger partial charge on any atom is -0.467 e. The topological polar surface area (TPSA) is 94.4 Å². The molecule has 1 aromatic carbocycles. The second kappa shape index (κ2) is 6.66. The number of aromatic nitrogens is 1.